The smallest absolute Gasteiger partial charge is 0.255 e. The highest BCUT2D eigenvalue weighted by molar-refractivity contribution is 6.05. The van der Waals surface area contributed by atoms with Crippen molar-refractivity contribution >= 4 is 17.5 Å². The molecule has 0 spiro atoms. The minimum absolute atomic E-state index is 0.164. The van der Waals surface area contributed by atoms with E-state index in [1.54, 1.807) is 55.6 Å². The largest absolute Gasteiger partial charge is 0.497 e. The first-order chi connectivity index (χ1) is 10.6. The SMILES string of the molecule is CCNC(=O)c1cccc(NC(=O)c2ccc(OC)cc2)c1. The number of carbonyl (C=O) groups excluding carboxylic acids is 2. The van der Waals surface area contributed by atoms with Crippen molar-refractivity contribution in [1.82, 2.24) is 5.32 Å². The van der Waals surface area contributed by atoms with Gasteiger partial charge in [-0.05, 0) is 49.4 Å². The summed E-state index contributed by atoms with van der Waals surface area (Å²) in [6.45, 7) is 2.41. The van der Waals surface area contributed by atoms with E-state index < -0.39 is 0 Å². The van der Waals surface area contributed by atoms with Gasteiger partial charge < -0.3 is 15.4 Å². The van der Waals surface area contributed by atoms with Gasteiger partial charge in [0.15, 0.2) is 0 Å². The molecule has 0 radical (unpaired) electrons. The lowest BCUT2D eigenvalue weighted by molar-refractivity contribution is 0.0954. The number of hydrogen-bond acceptors (Lipinski definition) is 3. The van der Waals surface area contributed by atoms with Crippen molar-refractivity contribution in [1.29, 1.82) is 0 Å². The second-order valence-electron chi connectivity index (χ2n) is 4.62. The lowest BCUT2D eigenvalue weighted by atomic mass is 10.1. The molecule has 2 rings (SSSR count). The maximum Gasteiger partial charge on any atom is 0.255 e. The molecule has 0 heterocycles. The zero-order valence-electron chi connectivity index (χ0n) is 12.6. The summed E-state index contributed by atoms with van der Waals surface area (Å²) >= 11 is 0. The highest BCUT2D eigenvalue weighted by atomic mass is 16.5. The number of ether oxygens (including phenoxy) is 1. The molecule has 5 nitrogen and oxygen atoms in total. The fourth-order valence-corrected chi connectivity index (χ4v) is 1.95. The maximum absolute atomic E-state index is 12.2. The number of carbonyl (C=O) groups is 2. The third-order valence-electron chi connectivity index (χ3n) is 3.07. The Morgan fingerprint density at radius 2 is 1.73 bits per heavy atom. The first kappa shape index (κ1) is 15.6. The summed E-state index contributed by atoms with van der Waals surface area (Å²) in [6, 6.07) is 13.6. The summed E-state index contributed by atoms with van der Waals surface area (Å²) in [5, 5.41) is 5.49. The number of benzene rings is 2. The average Bonchev–Trinajstić information content (AvgIpc) is 2.55. The van der Waals surface area contributed by atoms with E-state index in [0.717, 1.165) is 0 Å². The quantitative estimate of drug-likeness (QED) is 0.892. The number of rotatable bonds is 5. The van der Waals surface area contributed by atoms with Crippen molar-refractivity contribution in [3.63, 3.8) is 0 Å². The predicted molar refractivity (Wildman–Crippen MR) is 85.4 cm³/mol. The van der Waals surface area contributed by atoms with Crippen LogP contribution in [-0.2, 0) is 0 Å². The zero-order valence-corrected chi connectivity index (χ0v) is 12.6. The van der Waals surface area contributed by atoms with Crippen molar-refractivity contribution in [2.75, 3.05) is 19.0 Å². The first-order valence-corrected chi connectivity index (χ1v) is 6.97. The molecule has 0 saturated carbocycles. The number of hydrogen-bond donors (Lipinski definition) is 2. The Hall–Kier alpha value is -2.82. The van der Waals surface area contributed by atoms with Crippen LogP contribution in [0.15, 0.2) is 48.5 Å². The monoisotopic (exact) mass is 298 g/mol. The van der Waals surface area contributed by atoms with Crippen LogP contribution in [0.3, 0.4) is 0 Å². The van der Waals surface area contributed by atoms with E-state index in [4.69, 9.17) is 4.74 Å². The van der Waals surface area contributed by atoms with Gasteiger partial charge in [-0.1, -0.05) is 6.07 Å². The standard InChI is InChI=1S/C17H18N2O3/c1-3-18-16(20)13-5-4-6-14(11-13)19-17(21)12-7-9-15(22-2)10-8-12/h4-11H,3H2,1-2H3,(H,18,20)(H,19,21). The molecule has 0 unspecified atom stereocenters. The van der Waals surface area contributed by atoms with Gasteiger partial charge in [0, 0.05) is 23.4 Å². The molecule has 114 valence electrons. The molecular weight excluding hydrogens is 280 g/mol. The molecule has 2 aromatic rings. The van der Waals surface area contributed by atoms with Gasteiger partial charge in [0.1, 0.15) is 5.75 Å². The minimum atomic E-state index is -0.240. The van der Waals surface area contributed by atoms with Gasteiger partial charge in [-0.3, -0.25) is 9.59 Å². The van der Waals surface area contributed by atoms with Crippen LogP contribution < -0.4 is 15.4 Å². The fraction of sp³-hybridized carbons (Fsp3) is 0.176. The van der Waals surface area contributed by atoms with Gasteiger partial charge in [-0.2, -0.15) is 0 Å². The molecule has 0 aliphatic heterocycles. The summed E-state index contributed by atoms with van der Waals surface area (Å²) in [4.78, 5) is 24.0. The Bertz CT molecular complexity index is 666. The van der Waals surface area contributed by atoms with E-state index >= 15 is 0 Å². The second-order valence-corrected chi connectivity index (χ2v) is 4.62. The third kappa shape index (κ3) is 3.85. The Labute approximate surface area is 129 Å². The van der Waals surface area contributed by atoms with E-state index in [9.17, 15) is 9.59 Å². The molecule has 0 aromatic heterocycles. The Kier molecular flexibility index (Phi) is 5.14. The van der Waals surface area contributed by atoms with Crippen LogP contribution in [0.2, 0.25) is 0 Å². The molecule has 0 fully saturated rings. The van der Waals surface area contributed by atoms with Gasteiger partial charge in [0.2, 0.25) is 0 Å². The Morgan fingerprint density at radius 1 is 1.00 bits per heavy atom. The van der Waals surface area contributed by atoms with Crippen LogP contribution in [0.4, 0.5) is 5.69 Å². The molecule has 2 aromatic carbocycles. The van der Waals surface area contributed by atoms with Crippen LogP contribution in [0.5, 0.6) is 5.75 Å². The van der Waals surface area contributed by atoms with Crippen LogP contribution in [0.1, 0.15) is 27.6 Å². The van der Waals surface area contributed by atoms with Crippen molar-refractivity contribution in [2.24, 2.45) is 0 Å². The third-order valence-corrected chi connectivity index (χ3v) is 3.07. The van der Waals surface area contributed by atoms with Gasteiger partial charge in [-0.15, -0.1) is 0 Å². The molecule has 2 N–H and O–H groups in total. The van der Waals surface area contributed by atoms with Crippen molar-refractivity contribution < 1.29 is 14.3 Å². The minimum Gasteiger partial charge on any atom is -0.497 e. The molecule has 0 aliphatic rings. The number of methoxy groups -OCH3 is 1. The highest BCUT2D eigenvalue weighted by Gasteiger charge is 2.09. The van der Waals surface area contributed by atoms with E-state index in [1.165, 1.54) is 0 Å². The summed E-state index contributed by atoms with van der Waals surface area (Å²) in [5.74, 6) is 0.286. The molecule has 0 aliphatic carbocycles. The summed E-state index contributed by atoms with van der Waals surface area (Å²) in [7, 11) is 1.57. The van der Waals surface area contributed by atoms with Gasteiger partial charge >= 0.3 is 0 Å². The van der Waals surface area contributed by atoms with E-state index in [-0.39, 0.29) is 11.8 Å². The molecule has 0 atom stereocenters. The topological polar surface area (TPSA) is 67.4 Å². The summed E-state index contributed by atoms with van der Waals surface area (Å²) < 4.78 is 5.06. The number of amides is 2. The zero-order chi connectivity index (χ0) is 15.9. The lowest BCUT2D eigenvalue weighted by Gasteiger charge is -2.08. The van der Waals surface area contributed by atoms with E-state index in [2.05, 4.69) is 10.6 Å². The Morgan fingerprint density at radius 3 is 2.36 bits per heavy atom. The molecule has 5 heteroatoms. The van der Waals surface area contributed by atoms with Crippen LogP contribution in [0, 0.1) is 0 Å². The molecule has 0 bridgehead atoms. The van der Waals surface area contributed by atoms with Gasteiger partial charge in [0.05, 0.1) is 7.11 Å². The normalized spacial score (nSPS) is 9.91. The molecule has 0 saturated heterocycles. The predicted octanol–water partition coefficient (Wildman–Crippen LogP) is 2.70. The number of nitrogens with one attached hydrogen (secondary N) is 2. The van der Waals surface area contributed by atoms with Crippen LogP contribution in [0.25, 0.3) is 0 Å². The fourth-order valence-electron chi connectivity index (χ4n) is 1.95. The van der Waals surface area contributed by atoms with Crippen molar-refractivity contribution in [2.45, 2.75) is 6.92 Å². The molecule has 22 heavy (non-hydrogen) atoms. The maximum atomic E-state index is 12.2. The highest BCUT2D eigenvalue weighted by Crippen LogP contribution is 2.15. The van der Waals surface area contributed by atoms with Crippen molar-refractivity contribution in [3.8, 4) is 5.75 Å². The van der Waals surface area contributed by atoms with Crippen LogP contribution >= 0.6 is 0 Å². The molecule has 2 amide bonds. The second kappa shape index (κ2) is 7.26. The summed E-state index contributed by atoms with van der Waals surface area (Å²) in [6.07, 6.45) is 0. The number of anilines is 1. The Balaban J connectivity index is 2.10. The first-order valence-electron chi connectivity index (χ1n) is 6.97. The van der Waals surface area contributed by atoms with Crippen LogP contribution in [-0.4, -0.2) is 25.5 Å². The van der Waals surface area contributed by atoms with E-state index in [0.29, 0.717) is 29.1 Å². The summed E-state index contributed by atoms with van der Waals surface area (Å²) in [5.41, 5.74) is 1.60. The average molecular weight is 298 g/mol. The van der Waals surface area contributed by atoms with Gasteiger partial charge in [0.25, 0.3) is 11.8 Å². The van der Waals surface area contributed by atoms with Gasteiger partial charge in [-0.25, -0.2) is 0 Å². The lowest BCUT2D eigenvalue weighted by Crippen LogP contribution is -2.22. The van der Waals surface area contributed by atoms with E-state index in [1.807, 2.05) is 6.92 Å². The molecular formula is C17H18N2O3. The van der Waals surface area contributed by atoms with Crippen molar-refractivity contribution in [3.05, 3.63) is 59.7 Å².